The van der Waals surface area contributed by atoms with E-state index in [9.17, 15) is 9.59 Å². The zero-order valence-electron chi connectivity index (χ0n) is 20.2. The monoisotopic (exact) mass is 511 g/mol. The highest BCUT2D eigenvalue weighted by molar-refractivity contribution is 7.99. The van der Waals surface area contributed by atoms with Gasteiger partial charge in [0, 0.05) is 29.4 Å². The molecule has 2 amide bonds. The summed E-state index contributed by atoms with van der Waals surface area (Å²) in [6.45, 7) is 7.63. The first kappa shape index (κ1) is 25.3. The average Bonchev–Trinajstić information content (AvgIpc) is 3.49. The van der Waals surface area contributed by atoms with Crippen molar-refractivity contribution in [3.05, 3.63) is 70.5 Å². The normalized spacial score (nSPS) is 15.6. The van der Waals surface area contributed by atoms with Crippen LogP contribution in [0, 0.1) is 0 Å². The molecule has 3 aromatic rings. The lowest BCUT2D eigenvalue weighted by molar-refractivity contribution is -0.113. The predicted octanol–water partition coefficient (Wildman–Crippen LogP) is 5.78. The number of nitrogens with one attached hydrogen (secondary N) is 1. The summed E-state index contributed by atoms with van der Waals surface area (Å²) in [4.78, 5) is 27.6. The van der Waals surface area contributed by atoms with Crippen LogP contribution < -0.4 is 5.32 Å². The van der Waals surface area contributed by atoms with Crippen molar-refractivity contribution in [1.82, 2.24) is 19.7 Å². The van der Waals surface area contributed by atoms with E-state index in [4.69, 9.17) is 11.6 Å². The van der Waals surface area contributed by atoms with Crippen molar-refractivity contribution in [3.63, 3.8) is 0 Å². The predicted molar refractivity (Wildman–Crippen MR) is 140 cm³/mol. The summed E-state index contributed by atoms with van der Waals surface area (Å²) in [6, 6.07) is 14.7. The Hall–Kier alpha value is -2.84. The Kier molecular flexibility index (Phi) is 8.13. The van der Waals surface area contributed by atoms with E-state index in [1.54, 1.807) is 24.3 Å². The summed E-state index contributed by atoms with van der Waals surface area (Å²) in [5.74, 6) is 1.30. The van der Waals surface area contributed by atoms with Gasteiger partial charge >= 0.3 is 0 Å². The molecule has 4 rings (SSSR count). The number of nitrogens with zero attached hydrogens (tertiary/aromatic N) is 4. The number of amides is 2. The van der Waals surface area contributed by atoms with Gasteiger partial charge < -0.3 is 14.8 Å². The lowest BCUT2D eigenvalue weighted by atomic mass is 10.0. The number of benzene rings is 2. The number of hydrogen-bond acceptors (Lipinski definition) is 5. The summed E-state index contributed by atoms with van der Waals surface area (Å²) in [6.07, 6.45) is 1.73. The zero-order chi connectivity index (χ0) is 24.9. The molecule has 1 aromatic heterocycles. The van der Waals surface area contributed by atoms with Gasteiger partial charge in [-0.3, -0.25) is 9.59 Å². The standard InChI is InChI=1S/C26H30ClN5O2S/c1-4-31-24(22-6-5-15-32(22)25(34)19-7-11-20(27)12-8-19)29-30-26(31)35-16-23(33)28-21-13-9-18(10-14-21)17(2)3/h7-14,17,22H,4-6,15-16H2,1-3H3,(H,28,33). The van der Waals surface area contributed by atoms with Crippen LogP contribution in [0.4, 0.5) is 5.69 Å². The molecular formula is C26H30ClN5O2S. The van der Waals surface area contributed by atoms with Gasteiger partial charge in [-0.05, 0) is 67.6 Å². The molecule has 9 heteroatoms. The van der Waals surface area contributed by atoms with Gasteiger partial charge in [0.25, 0.3) is 5.91 Å². The molecule has 2 aromatic carbocycles. The third-order valence-electron chi connectivity index (χ3n) is 6.16. The van der Waals surface area contributed by atoms with Gasteiger partial charge in [0.2, 0.25) is 5.91 Å². The van der Waals surface area contributed by atoms with Crippen LogP contribution in [0.3, 0.4) is 0 Å². The molecule has 1 unspecified atom stereocenters. The van der Waals surface area contributed by atoms with Gasteiger partial charge in [-0.1, -0.05) is 49.3 Å². The lowest BCUT2D eigenvalue weighted by Crippen LogP contribution is -2.32. The van der Waals surface area contributed by atoms with Crippen molar-refractivity contribution < 1.29 is 9.59 Å². The quantitative estimate of drug-likeness (QED) is 0.387. The molecule has 1 saturated heterocycles. The van der Waals surface area contributed by atoms with Crippen LogP contribution in [0.15, 0.2) is 53.7 Å². The second kappa shape index (κ2) is 11.3. The molecule has 0 radical (unpaired) electrons. The Bertz CT molecular complexity index is 1180. The topological polar surface area (TPSA) is 80.1 Å². The van der Waals surface area contributed by atoms with Crippen molar-refractivity contribution in [2.24, 2.45) is 0 Å². The number of anilines is 1. The minimum atomic E-state index is -0.145. The molecule has 1 aliphatic rings. The molecule has 1 N–H and O–H groups in total. The summed E-state index contributed by atoms with van der Waals surface area (Å²) in [5, 5.41) is 13.0. The fraction of sp³-hybridized carbons (Fsp3) is 0.385. The molecule has 184 valence electrons. The first-order valence-corrected chi connectivity index (χ1v) is 13.3. The molecule has 1 atom stereocenters. The maximum absolute atomic E-state index is 13.2. The molecule has 0 spiro atoms. The molecule has 0 aliphatic carbocycles. The number of likely N-dealkylation sites (tertiary alicyclic amines) is 1. The van der Waals surface area contributed by atoms with E-state index in [0.29, 0.717) is 34.7 Å². The summed E-state index contributed by atoms with van der Waals surface area (Å²) >= 11 is 7.33. The minimum Gasteiger partial charge on any atom is -0.328 e. The lowest BCUT2D eigenvalue weighted by Gasteiger charge is -2.24. The number of carbonyl (C=O) groups is 2. The maximum atomic E-state index is 13.2. The van der Waals surface area contributed by atoms with Crippen LogP contribution in [0.25, 0.3) is 0 Å². The second-order valence-corrected chi connectivity index (χ2v) is 10.2. The molecular weight excluding hydrogens is 482 g/mol. The molecule has 0 bridgehead atoms. The zero-order valence-corrected chi connectivity index (χ0v) is 21.8. The van der Waals surface area contributed by atoms with Gasteiger partial charge in [0.1, 0.15) is 0 Å². The molecule has 2 heterocycles. The van der Waals surface area contributed by atoms with Crippen LogP contribution >= 0.6 is 23.4 Å². The first-order chi connectivity index (χ1) is 16.9. The van der Waals surface area contributed by atoms with Crippen molar-refractivity contribution in [1.29, 1.82) is 0 Å². The van der Waals surface area contributed by atoms with Crippen LogP contribution in [0.2, 0.25) is 5.02 Å². The van der Waals surface area contributed by atoms with E-state index in [-0.39, 0.29) is 23.6 Å². The summed E-state index contributed by atoms with van der Waals surface area (Å²) < 4.78 is 2.01. The van der Waals surface area contributed by atoms with Gasteiger partial charge in [-0.15, -0.1) is 10.2 Å². The van der Waals surface area contributed by atoms with Crippen LogP contribution in [0.1, 0.15) is 67.3 Å². The van der Waals surface area contributed by atoms with E-state index in [0.717, 1.165) is 24.4 Å². The number of thioether (sulfide) groups is 1. The van der Waals surface area contributed by atoms with Crippen molar-refractivity contribution in [3.8, 4) is 0 Å². The van der Waals surface area contributed by atoms with Gasteiger partial charge in [0.15, 0.2) is 11.0 Å². The fourth-order valence-electron chi connectivity index (χ4n) is 4.27. The number of aromatic nitrogens is 3. The first-order valence-electron chi connectivity index (χ1n) is 11.9. The highest BCUT2D eigenvalue weighted by Gasteiger charge is 2.34. The van der Waals surface area contributed by atoms with Gasteiger partial charge in [-0.2, -0.15) is 0 Å². The van der Waals surface area contributed by atoms with E-state index >= 15 is 0 Å². The summed E-state index contributed by atoms with van der Waals surface area (Å²) in [7, 11) is 0. The molecule has 1 fully saturated rings. The Balaban J connectivity index is 1.42. The highest BCUT2D eigenvalue weighted by atomic mass is 35.5. The Morgan fingerprint density at radius 3 is 2.49 bits per heavy atom. The number of hydrogen-bond donors (Lipinski definition) is 1. The largest absolute Gasteiger partial charge is 0.328 e. The van der Waals surface area contributed by atoms with Crippen LogP contribution in [-0.2, 0) is 11.3 Å². The molecule has 35 heavy (non-hydrogen) atoms. The smallest absolute Gasteiger partial charge is 0.254 e. The average molecular weight is 512 g/mol. The number of halogens is 1. The molecule has 7 nitrogen and oxygen atoms in total. The second-order valence-electron chi connectivity index (χ2n) is 8.86. The maximum Gasteiger partial charge on any atom is 0.254 e. The third kappa shape index (κ3) is 5.87. The fourth-order valence-corrected chi connectivity index (χ4v) is 5.20. The number of rotatable bonds is 8. The van der Waals surface area contributed by atoms with E-state index in [2.05, 4.69) is 29.4 Å². The van der Waals surface area contributed by atoms with Crippen LogP contribution in [-0.4, -0.2) is 43.8 Å². The Morgan fingerprint density at radius 2 is 1.83 bits per heavy atom. The Morgan fingerprint density at radius 1 is 1.11 bits per heavy atom. The summed E-state index contributed by atoms with van der Waals surface area (Å²) in [5.41, 5.74) is 2.62. The van der Waals surface area contributed by atoms with Crippen molar-refractivity contribution >= 4 is 40.9 Å². The third-order valence-corrected chi connectivity index (χ3v) is 7.38. The Labute approximate surface area is 215 Å². The SMILES string of the molecule is CCn1c(SCC(=O)Nc2ccc(C(C)C)cc2)nnc1C1CCCN1C(=O)c1ccc(Cl)cc1. The van der Waals surface area contributed by atoms with Crippen molar-refractivity contribution in [2.45, 2.75) is 57.3 Å². The highest BCUT2D eigenvalue weighted by Crippen LogP contribution is 2.34. The number of carbonyl (C=O) groups excluding carboxylic acids is 2. The van der Waals surface area contributed by atoms with E-state index in [1.807, 2.05) is 40.7 Å². The van der Waals surface area contributed by atoms with Gasteiger partial charge in [-0.25, -0.2) is 0 Å². The van der Waals surface area contributed by atoms with Gasteiger partial charge in [0.05, 0.1) is 11.8 Å². The molecule has 1 aliphatic heterocycles. The van der Waals surface area contributed by atoms with E-state index < -0.39 is 0 Å². The minimum absolute atomic E-state index is 0.0353. The van der Waals surface area contributed by atoms with Crippen molar-refractivity contribution in [2.75, 3.05) is 17.6 Å². The van der Waals surface area contributed by atoms with Crippen LogP contribution in [0.5, 0.6) is 0 Å². The van der Waals surface area contributed by atoms with E-state index in [1.165, 1.54) is 17.3 Å². The molecule has 0 saturated carbocycles.